The molecule has 5 nitrogen and oxygen atoms in total. The number of hydrogen-bond acceptors (Lipinski definition) is 3. The Bertz CT molecular complexity index is 692. The summed E-state index contributed by atoms with van der Waals surface area (Å²) in [5.74, 6) is -0.288. The second kappa shape index (κ2) is 11.0. The van der Waals surface area contributed by atoms with Crippen molar-refractivity contribution < 1.29 is 4.79 Å². The largest absolute Gasteiger partial charge is 0.369 e. The van der Waals surface area contributed by atoms with Crippen LogP contribution in [0.1, 0.15) is 64.0 Å². The fourth-order valence-corrected chi connectivity index (χ4v) is 3.68. The molecule has 0 aliphatic rings. The second-order valence-corrected chi connectivity index (χ2v) is 8.10. The maximum atomic E-state index is 11.2. The highest BCUT2D eigenvalue weighted by atomic mass is 16.1. The van der Waals surface area contributed by atoms with Crippen LogP contribution in [0.5, 0.6) is 0 Å². The summed E-state index contributed by atoms with van der Waals surface area (Å²) in [7, 11) is 0. The van der Waals surface area contributed by atoms with Crippen LogP contribution in [0.2, 0.25) is 0 Å². The van der Waals surface area contributed by atoms with E-state index in [1.807, 2.05) is 30.9 Å². The van der Waals surface area contributed by atoms with Gasteiger partial charge in [-0.15, -0.1) is 0 Å². The number of primary amides is 1. The minimum absolute atomic E-state index is 0.0631. The first-order valence-corrected chi connectivity index (χ1v) is 10.5. The average Bonchev–Trinajstić information content (AvgIpc) is 3.17. The van der Waals surface area contributed by atoms with Crippen LogP contribution in [-0.2, 0) is 23.3 Å². The van der Waals surface area contributed by atoms with Gasteiger partial charge in [-0.2, -0.15) is 0 Å². The van der Waals surface area contributed by atoms with Crippen LogP contribution < -0.4 is 5.73 Å². The molecule has 154 valence electrons. The zero-order chi connectivity index (χ0) is 20.4. The van der Waals surface area contributed by atoms with Crippen molar-refractivity contribution in [3.05, 3.63) is 54.1 Å². The van der Waals surface area contributed by atoms with Gasteiger partial charge in [-0.25, -0.2) is 4.98 Å². The van der Waals surface area contributed by atoms with Crippen LogP contribution in [0.3, 0.4) is 0 Å². The van der Waals surface area contributed by atoms with Gasteiger partial charge in [0.25, 0.3) is 0 Å². The number of hydrogen-bond donors (Lipinski definition) is 1. The summed E-state index contributed by atoms with van der Waals surface area (Å²) in [6, 6.07) is 8.35. The Morgan fingerprint density at radius 1 is 1.11 bits per heavy atom. The van der Waals surface area contributed by atoms with E-state index < -0.39 is 0 Å². The van der Waals surface area contributed by atoms with Gasteiger partial charge in [-0.05, 0) is 44.4 Å². The fraction of sp³-hybridized carbons (Fsp3) is 0.565. The van der Waals surface area contributed by atoms with Gasteiger partial charge in [0.2, 0.25) is 5.91 Å². The Kier molecular flexibility index (Phi) is 8.71. The molecule has 0 atom stereocenters. The normalized spacial score (nSPS) is 11.9. The first-order chi connectivity index (χ1) is 13.4. The molecule has 0 radical (unpaired) electrons. The highest BCUT2D eigenvalue weighted by Gasteiger charge is 2.28. The third kappa shape index (κ3) is 6.79. The number of nitrogens with two attached hydrogens (primary N) is 1. The number of rotatable bonds is 13. The number of aromatic nitrogens is 2. The number of aryl methyl sites for hydroxylation is 1. The lowest BCUT2D eigenvalue weighted by atomic mass is 9.90. The summed E-state index contributed by atoms with van der Waals surface area (Å²) >= 11 is 0. The molecule has 0 aliphatic heterocycles. The molecule has 1 aromatic carbocycles. The molecule has 0 bridgehead atoms. The minimum Gasteiger partial charge on any atom is -0.369 e. The SMILES string of the molecule is CCCCCCN(CCCn1ccnc1)C(C)(C)c1ccc(CC(N)=O)cc1. The van der Waals surface area contributed by atoms with Crippen LogP contribution in [0.4, 0.5) is 0 Å². The van der Waals surface area contributed by atoms with Gasteiger partial charge >= 0.3 is 0 Å². The highest BCUT2D eigenvalue weighted by Crippen LogP contribution is 2.29. The lowest BCUT2D eigenvalue weighted by Crippen LogP contribution is -2.43. The van der Waals surface area contributed by atoms with E-state index in [4.69, 9.17) is 5.73 Å². The van der Waals surface area contributed by atoms with E-state index in [0.717, 1.165) is 31.6 Å². The highest BCUT2D eigenvalue weighted by molar-refractivity contribution is 5.76. The van der Waals surface area contributed by atoms with Gasteiger partial charge < -0.3 is 10.3 Å². The van der Waals surface area contributed by atoms with Crippen LogP contribution in [0.15, 0.2) is 43.0 Å². The van der Waals surface area contributed by atoms with E-state index in [0.29, 0.717) is 6.42 Å². The van der Waals surface area contributed by atoms with Crippen molar-refractivity contribution in [1.82, 2.24) is 14.5 Å². The standard InChI is InChI=1S/C23H36N4O/c1-4-5-6-7-15-27(16-8-14-26-17-13-25-19-26)23(2,3)21-11-9-20(10-12-21)18-22(24)28/h9-13,17,19H,4-8,14-16,18H2,1-3H3,(H2,24,28). The van der Waals surface area contributed by atoms with Crippen LogP contribution in [-0.4, -0.2) is 33.4 Å². The number of unbranched alkanes of at least 4 members (excludes halogenated alkanes) is 3. The number of carbonyl (C=O) groups excluding carboxylic acids is 1. The molecule has 1 heterocycles. The Labute approximate surface area is 169 Å². The molecular formula is C23H36N4O. The van der Waals surface area contributed by atoms with Crippen molar-refractivity contribution >= 4 is 5.91 Å². The first-order valence-electron chi connectivity index (χ1n) is 10.5. The fourth-order valence-electron chi connectivity index (χ4n) is 3.68. The van der Waals surface area contributed by atoms with Crippen molar-refractivity contribution in [3.63, 3.8) is 0 Å². The number of amides is 1. The molecule has 0 spiro atoms. The van der Waals surface area contributed by atoms with Gasteiger partial charge in [-0.1, -0.05) is 50.5 Å². The van der Waals surface area contributed by atoms with Gasteiger partial charge in [0, 0.05) is 31.0 Å². The predicted molar refractivity (Wildman–Crippen MR) is 115 cm³/mol. The van der Waals surface area contributed by atoms with E-state index in [2.05, 4.69) is 47.4 Å². The Balaban J connectivity index is 2.05. The zero-order valence-electron chi connectivity index (χ0n) is 17.7. The van der Waals surface area contributed by atoms with Crippen molar-refractivity contribution in [3.8, 4) is 0 Å². The number of nitrogens with zero attached hydrogens (tertiary/aromatic N) is 3. The van der Waals surface area contributed by atoms with Crippen molar-refractivity contribution in [2.75, 3.05) is 13.1 Å². The smallest absolute Gasteiger partial charge is 0.221 e. The molecule has 2 aromatic rings. The lowest BCUT2D eigenvalue weighted by molar-refractivity contribution is -0.117. The Morgan fingerprint density at radius 2 is 1.82 bits per heavy atom. The molecule has 28 heavy (non-hydrogen) atoms. The monoisotopic (exact) mass is 384 g/mol. The molecule has 1 amide bonds. The molecule has 5 heteroatoms. The molecule has 2 rings (SSSR count). The number of benzene rings is 1. The maximum Gasteiger partial charge on any atom is 0.221 e. The Hall–Kier alpha value is -2.14. The van der Waals surface area contributed by atoms with E-state index >= 15 is 0 Å². The second-order valence-electron chi connectivity index (χ2n) is 8.10. The maximum absolute atomic E-state index is 11.2. The number of imidazole rings is 1. The topological polar surface area (TPSA) is 64.2 Å². The quantitative estimate of drug-likeness (QED) is 0.528. The van der Waals surface area contributed by atoms with Crippen molar-refractivity contribution in [2.45, 2.75) is 71.4 Å². The number of carbonyl (C=O) groups is 1. The summed E-state index contributed by atoms with van der Waals surface area (Å²) in [6.07, 6.45) is 12.2. The third-order valence-electron chi connectivity index (χ3n) is 5.51. The van der Waals surface area contributed by atoms with E-state index in [9.17, 15) is 4.79 Å². The van der Waals surface area contributed by atoms with E-state index in [1.54, 1.807) is 0 Å². The van der Waals surface area contributed by atoms with Gasteiger partial charge in [0.15, 0.2) is 0 Å². The summed E-state index contributed by atoms with van der Waals surface area (Å²) in [5.41, 5.74) is 7.50. The molecule has 0 unspecified atom stereocenters. The predicted octanol–water partition coefficient (Wildman–Crippen LogP) is 4.12. The van der Waals surface area contributed by atoms with Gasteiger partial charge in [-0.3, -0.25) is 9.69 Å². The van der Waals surface area contributed by atoms with Crippen molar-refractivity contribution in [1.29, 1.82) is 0 Å². The minimum atomic E-state index is -0.288. The van der Waals surface area contributed by atoms with E-state index in [1.165, 1.54) is 31.2 Å². The molecule has 0 saturated carbocycles. The molecular weight excluding hydrogens is 348 g/mol. The first kappa shape index (κ1) is 22.2. The third-order valence-corrected chi connectivity index (χ3v) is 5.51. The Morgan fingerprint density at radius 3 is 2.43 bits per heavy atom. The average molecular weight is 385 g/mol. The van der Waals surface area contributed by atoms with Crippen molar-refractivity contribution in [2.24, 2.45) is 5.73 Å². The molecule has 1 aromatic heterocycles. The summed E-state index contributed by atoms with van der Waals surface area (Å²) in [4.78, 5) is 17.9. The van der Waals surface area contributed by atoms with Gasteiger partial charge in [0.1, 0.15) is 0 Å². The molecule has 0 fully saturated rings. The summed E-state index contributed by atoms with van der Waals surface area (Å²) in [5, 5.41) is 0. The van der Waals surface area contributed by atoms with Gasteiger partial charge in [0.05, 0.1) is 12.7 Å². The summed E-state index contributed by atoms with van der Waals surface area (Å²) < 4.78 is 2.14. The molecule has 0 aliphatic carbocycles. The van der Waals surface area contributed by atoms with Crippen LogP contribution >= 0.6 is 0 Å². The zero-order valence-corrected chi connectivity index (χ0v) is 17.7. The van der Waals surface area contributed by atoms with Crippen LogP contribution in [0.25, 0.3) is 0 Å². The summed E-state index contributed by atoms with van der Waals surface area (Å²) in [6.45, 7) is 9.97. The molecule has 2 N–H and O–H groups in total. The lowest BCUT2D eigenvalue weighted by Gasteiger charge is -2.39. The van der Waals surface area contributed by atoms with Crippen LogP contribution in [0, 0.1) is 0 Å². The molecule has 0 saturated heterocycles. The van der Waals surface area contributed by atoms with E-state index in [-0.39, 0.29) is 11.4 Å².